The molecule has 0 radical (unpaired) electrons. The Balaban J connectivity index is 2.14. The highest BCUT2D eigenvalue weighted by Crippen LogP contribution is 2.57. The molecule has 278 valence electrons. The molecule has 8 atom stereocenters. The quantitative estimate of drug-likeness (QED) is 0.0820. The molecule has 1 saturated heterocycles. The molecule has 12 nitrogen and oxygen atoms in total. The molecular formula is C37H58O12. The van der Waals surface area contributed by atoms with Crippen molar-refractivity contribution in [2.24, 2.45) is 5.92 Å². The van der Waals surface area contributed by atoms with Crippen molar-refractivity contribution in [2.45, 2.75) is 186 Å². The van der Waals surface area contributed by atoms with E-state index in [1.807, 2.05) is 0 Å². The van der Waals surface area contributed by atoms with Crippen LogP contribution in [-0.2, 0) is 47.7 Å². The van der Waals surface area contributed by atoms with Gasteiger partial charge in [-0.05, 0) is 51.2 Å². The zero-order valence-corrected chi connectivity index (χ0v) is 30.5. The number of carbonyl (C=O) groups excluding carboxylic acids is 5. The Kier molecular flexibility index (Phi) is 14.3. The maximum atomic E-state index is 13.4. The van der Waals surface area contributed by atoms with E-state index in [9.17, 15) is 34.2 Å². The highest BCUT2D eigenvalue weighted by atomic mass is 16.6. The van der Waals surface area contributed by atoms with Gasteiger partial charge in [0.2, 0.25) is 0 Å². The molecule has 2 fully saturated rings. The van der Waals surface area contributed by atoms with E-state index in [1.54, 1.807) is 20.8 Å². The van der Waals surface area contributed by atoms with Gasteiger partial charge in [-0.25, -0.2) is 4.79 Å². The maximum absolute atomic E-state index is 13.4. The van der Waals surface area contributed by atoms with E-state index in [1.165, 1.54) is 6.92 Å². The van der Waals surface area contributed by atoms with E-state index < -0.39 is 83.4 Å². The van der Waals surface area contributed by atoms with E-state index >= 15 is 0 Å². The van der Waals surface area contributed by atoms with Gasteiger partial charge in [0.05, 0.1) is 5.92 Å². The molecule has 0 bridgehead atoms. The van der Waals surface area contributed by atoms with Crippen LogP contribution >= 0.6 is 0 Å². The number of fused-ring (bicyclic) bond motifs is 3. The summed E-state index contributed by atoms with van der Waals surface area (Å²) in [6.45, 7) is 11.4. The first-order valence-corrected chi connectivity index (χ1v) is 18.2. The van der Waals surface area contributed by atoms with Crippen LogP contribution in [0.15, 0.2) is 11.1 Å². The van der Waals surface area contributed by atoms with Crippen LogP contribution in [0, 0.1) is 5.92 Å². The normalized spacial score (nSPS) is 32.1. The predicted molar refractivity (Wildman–Crippen MR) is 178 cm³/mol. The lowest BCUT2D eigenvalue weighted by Gasteiger charge is -2.41. The fraction of sp³-hybridized carbons (Fsp3) is 0.811. The first-order valence-electron chi connectivity index (χ1n) is 18.2. The predicted octanol–water partition coefficient (Wildman–Crippen LogP) is 5.32. The molecule has 0 aromatic heterocycles. The average molecular weight is 695 g/mol. The standard InChI is InChI=1S/C37H58O12/c1-8-11-13-15-17-20-27(40)46-31-23(4)29-30(32(31)47-28(41)21-18-16-14-12-9-2)35(6,49-24(5)38)22-25(45-26(39)19-10-3)37(44)33(29)48-34(42)36(37,7)43/h25,30-33,43-44H,8-22H2,1-7H3/t25-,30+,31+,32-,33-,35-,36+,37+/m0/s1. The third-order valence-corrected chi connectivity index (χ3v) is 10.3. The lowest BCUT2D eigenvalue weighted by molar-refractivity contribution is -0.212. The molecule has 0 unspecified atom stereocenters. The second-order valence-corrected chi connectivity index (χ2v) is 14.3. The minimum absolute atomic E-state index is 0.0153. The molecule has 1 saturated carbocycles. The molecule has 12 heteroatoms. The van der Waals surface area contributed by atoms with Crippen LogP contribution in [0.3, 0.4) is 0 Å². The van der Waals surface area contributed by atoms with Crippen molar-refractivity contribution >= 4 is 29.8 Å². The van der Waals surface area contributed by atoms with Gasteiger partial charge >= 0.3 is 29.8 Å². The average Bonchev–Trinajstić information content (AvgIpc) is 3.35. The summed E-state index contributed by atoms with van der Waals surface area (Å²) in [5.74, 6) is -4.76. The zero-order chi connectivity index (χ0) is 36.6. The molecule has 3 aliphatic rings. The Morgan fingerprint density at radius 1 is 0.776 bits per heavy atom. The Morgan fingerprint density at radius 3 is 1.84 bits per heavy atom. The summed E-state index contributed by atoms with van der Waals surface area (Å²) < 4.78 is 29.6. The lowest BCUT2D eigenvalue weighted by Crippen LogP contribution is -2.64. The van der Waals surface area contributed by atoms with E-state index in [2.05, 4.69) is 13.8 Å². The first-order chi connectivity index (χ1) is 23.1. The van der Waals surface area contributed by atoms with Gasteiger partial charge in [-0.1, -0.05) is 72.1 Å². The second kappa shape index (κ2) is 17.3. The van der Waals surface area contributed by atoms with Crippen LogP contribution in [-0.4, -0.2) is 81.3 Å². The van der Waals surface area contributed by atoms with Gasteiger partial charge in [0.25, 0.3) is 0 Å². The molecule has 0 aromatic carbocycles. The monoisotopic (exact) mass is 694 g/mol. The second-order valence-electron chi connectivity index (χ2n) is 14.3. The van der Waals surface area contributed by atoms with Crippen molar-refractivity contribution in [2.75, 3.05) is 0 Å². The summed E-state index contributed by atoms with van der Waals surface area (Å²) in [6, 6.07) is 0. The summed E-state index contributed by atoms with van der Waals surface area (Å²) in [7, 11) is 0. The molecular weight excluding hydrogens is 636 g/mol. The van der Waals surface area contributed by atoms with Crippen molar-refractivity contribution in [3.05, 3.63) is 11.1 Å². The van der Waals surface area contributed by atoms with E-state index in [0.29, 0.717) is 24.8 Å². The van der Waals surface area contributed by atoms with E-state index in [0.717, 1.165) is 58.3 Å². The van der Waals surface area contributed by atoms with Crippen LogP contribution < -0.4 is 0 Å². The van der Waals surface area contributed by atoms with Crippen molar-refractivity contribution in [1.29, 1.82) is 0 Å². The van der Waals surface area contributed by atoms with Gasteiger partial charge in [-0.15, -0.1) is 0 Å². The van der Waals surface area contributed by atoms with E-state index in [4.69, 9.17) is 23.7 Å². The smallest absolute Gasteiger partial charge is 0.341 e. The summed E-state index contributed by atoms with van der Waals surface area (Å²) in [5.41, 5.74) is -6.28. The van der Waals surface area contributed by atoms with Crippen LogP contribution in [0.2, 0.25) is 0 Å². The Morgan fingerprint density at radius 2 is 1.31 bits per heavy atom. The molecule has 2 N–H and O–H groups in total. The lowest BCUT2D eigenvalue weighted by atomic mass is 9.75. The molecule has 3 rings (SSSR count). The summed E-state index contributed by atoms with van der Waals surface area (Å²) in [5, 5.41) is 24.0. The molecule has 49 heavy (non-hydrogen) atoms. The summed E-state index contributed by atoms with van der Waals surface area (Å²) >= 11 is 0. The topological polar surface area (TPSA) is 172 Å². The molecule has 0 spiro atoms. The Hall–Kier alpha value is -2.99. The number of esters is 5. The van der Waals surface area contributed by atoms with Gasteiger partial charge in [0.15, 0.2) is 29.5 Å². The Labute approximate surface area is 290 Å². The number of unbranched alkanes of at least 4 members (excludes halogenated alkanes) is 8. The SMILES string of the molecule is CCCCCCCC(=O)O[C@@H]1[C@H](OC(=O)CCCCCCC)C(C)=C2[C@H]1[C@@](C)(OC(C)=O)C[C@H](OC(=O)CCC)[C@@]1(O)[C@H]2OC(=O)[C@@]1(C)O. The molecule has 1 heterocycles. The number of aliphatic hydroxyl groups is 2. The number of ether oxygens (including phenoxy) is 5. The number of carbonyl (C=O) groups is 5. The van der Waals surface area contributed by atoms with Gasteiger partial charge in [-0.2, -0.15) is 0 Å². The summed E-state index contributed by atoms with van der Waals surface area (Å²) in [4.78, 5) is 65.5. The van der Waals surface area contributed by atoms with E-state index in [-0.39, 0.29) is 24.8 Å². The van der Waals surface area contributed by atoms with Crippen molar-refractivity contribution in [3.8, 4) is 0 Å². The fourth-order valence-electron chi connectivity index (χ4n) is 7.65. The minimum atomic E-state index is -2.56. The highest BCUT2D eigenvalue weighted by molar-refractivity contribution is 5.85. The van der Waals surface area contributed by atoms with Crippen molar-refractivity contribution in [3.63, 3.8) is 0 Å². The summed E-state index contributed by atoms with van der Waals surface area (Å²) in [6.07, 6.45) is 3.59. The number of rotatable bonds is 18. The van der Waals surface area contributed by atoms with Crippen LogP contribution in [0.4, 0.5) is 0 Å². The zero-order valence-electron chi connectivity index (χ0n) is 30.5. The van der Waals surface area contributed by atoms with Gasteiger partial charge < -0.3 is 33.9 Å². The molecule has 1 aliphatic heterocycles. The number of hydrogen-bond donors (Lipinski definition) is 2. The maximum Gasteiger partial charge on any atom is 0.341 e. The van der Waals surface area contributed by atoms with Crippen molar-refractivity contribution < 1.29 is 57.9 Å². The third kappa shape index (κ3) is 8.85. The van der Waals surface area contributed by atoms with Crippen LogP contribution in [0.5, 0.6) is 0 Å². The molecule has 0 aromatic rings. The van der Waals surface area contributed by atoms with Crippen LogP contribution in [0.25, 0.3) is 0 Å². The molecule has 2 aliphatic carbocycles. The van der Waals surface area contributed by atoms with Crippen LogP contribution in [0.1, 0.15) is 145 Å². The van der Waals surface area contributed by atoms with Crippen molar-refractivity contribution in [1.82, 2.24) is 0 Å². The third-order valence-electron chi connectivity index (χ3n) is 10.3. The van der Waals surface area contributed by atoms with Gasteiger partial charge in [0.1, 0.15) is 11.7 Å². The molecule has 0 amide bonds. The minimum Gasteiger partial charge on any atom is -0.459 e. The van der Waals surface area contributed by atoms with Gasteiger partial charge in [0, 0.05) is 32.6 Å². The highest BCUT2D eigenvalue weighted by Gasteiger charge is 2.76. The first kappa shape index (κ1) is 40.4. The number of hydrogen-bond acceptors (Lipinski definition) is 12. The largest absolute Gasteiger partial charge is 0.459 e. The fourth-order valence-corrected chi connectivity index (χ4v) is 7.65. The van der Waals surface area contributed by atoms with Gasteiger partial charge in [-0.3, -0.25) is 19.2 Å². The Bertz CT molecular complexity index is 1240.